The molecule has 4 heterocycles. The second kappa shape index (κ2) is 5.54. The molecular formula is C18H17FN6O2+. The van der Waals surface area contributed by atoms with Crippen LogP contribution in [0.4, 0.5) is 10.1 Å². The number of halogens is 1. The number of benzene rings is 1. The van der Waals surface area contributed by atoms with Gasteiger partial charge in [-0.3, -0.25) is 9.69 Å². The minimum atomic E-state index is -0.502. The van der Waals surface area contributed by atoms with E-state index in [1.807, 2.05) is 6.92 Å². The third kappa shape index (κ3) is 2.22. The van der Waals surface area contributed by atoms with Crippen molar-refractivity contribution < 1.29 is 13.9 Å². The highest BCUT2D eigenvalue weighted by Gasteiger charge is 2.48. The Morgan fingerprint density at radius 2 is 2.22 bits per heavy atom. The largest absolute Gasteiger partial charge is 0.369 e. The molecule has 3 aliphatic heterocycles. The molecule has 0 bridgehead atoms. The quantitative estimate of drug-likeness (QED) is 0.761. The van der Waals surface area contributed by atoms with Crippen molar-refractivity contribution in [3.8, 4) is 0 Å². The fourth-order valence-electron chi connectivity index (χ4n) is 3.87. The molecule has 2 aromatic rings. The maximum Gasteiger partial charge on any atom is 0.318 e. The van der Waals surface area contributed by atoms with E-state index in [9.17, 15) is 9.18 Å². The predicted molar refractivity (Wildman–Crippen MR) is 94.6 cm³/mol. The number of amides is 1. The maximum absolute atomic E-state index is 13.6. The molecule has 0 N–H and O–H groups in total. The van der Waals surface area contributed by atoms with E-state index in [0.29, 0.717) is 29.5 Å². The van der Waals surface area contributed by atoms with Crippen LogP contribution in [-0.2, 0) is 10.3 Å². The Bertz CT molecular complexity index is 1020. The molecule has 1 unspecified atom stereocenters. The molecule has 1 aromatic carbocycles. The molecule has 0 spiro atoms. The third-order valence-electron chi connectivity index (χ3n) is 5.31. The lowest BCUT2D eigenvalue weighted by Gasteiger charge is -2.25. The molecule has 1 fully saturated rings. The zero-order valence-electron chi connectivity index (χ0n) is 14.9. The van der Waals surface area contributed by atoms with Crippen LogP contribution in [-0.4, -0.2) is 45.8 Å². The normalized spacial score (nSPS) is 24.7. The van der Waals surface area contributed by atoms with Crippen molar-refractivity contribution >= 4 is 23.8 Å². The number of nitrogens with zero attached hydrogens (tertiary/aromatic N) is 6. The zero-order valence-corrected chi connectivity index (χ0v) is 14.9. The fraction of sp³-hybridized carbons (Fsp3) is 0.333. The Balaban J connectivity index is 1.67. The van der Waals surface area contributed by atoms with Crippen molar-refractivity contribution in [2.45, 2.75) is 25.4 Å². The van der Waals surface area contributed by atoms with Gasteiger partial charge in [0.25, 0.3) is 12.2 Å². The minimum Gasteiger partial charge on any atom is -0.369 e. The van der Waals surface area contributed by atoms with Crippen LogP contribution in [0.25, 0.3) is 5.82 Å². The van der Waals surface area contributed by atoms with E-state index in [0.717, 1.165) is 18.5 Å². The first kappa shape index (κ1) is 16.3. The van der Waals surface area contributed by atoms with Crippen molar-refractivity contribution in [3.63, 3.8) is 0 Å². The summed E-state index contributed by atoms with van der Waals surface area (Å²) in [5.74, 6) is 0.269. The summed E-state index contributed by atoms with van der Waals surface area (Å²) < 4.78 is 21.2. The molecule has 3 aliphatic rings. The summed E-state index contributed by atoms with van der Waals surface area (Å²) in [5, 5.41) is 8.25. The van der Waals surface area contributed by atoms with E-state index >= 15 is 0 Å². The summed E-state index contributed by atoms with van der Waals surface area (Å²) in [6.07, 6.45) is 5.09. The van der Waals surface area contributed by atoms with Crippen LogP contribution in [0.2, 0.25) is 0 Å². The van der Waals surface area contributed by atoms with Crippen LogP contribution in [0.15, 0.2) is 35.2 Å². The topological polar surface area (TPSA) is 78.5 Å². The lowest BCUT2D eigenvalue weighted by molar-refractivity contribution is 0.0114. The van der Waals surface area contributed by atoms with E-state index in [1.165, 1.54) is 17.0 Å². The molecule has 1 saturated heterocycles. The molecule has 8 nitrogen and oxygen atoms in total. The Hall–Kier alpha value is -2.91. The second-order valence-corrected chi connectivity index (χ2v) is 7.00. The first-order valence-corrected chi connectivity index (χ1v) is 8.70. The van der Waals surface area contributed by atoms with Gasteiger partial charge in [0.15, 0.2) is 0 Å². The van der Waals surface area contributed by atoms with Gasteiger partial charge in [-0.2, -0.15) is 9.67 Å². The number of aromatic nitrogens is 3. The SMILES string of the molecule is CN1C(=O)c2cc(F)ccc2[N+]2C=NC(n3nncc3C3(C)CCCO3)=C12. The maximum atomic E-state index is 13.6. The summed E-state index contributed by atoms with van der Waals surface area (Å²) in [5.41, 5.74) is 1.16. The standard InChI is InChI=1S/C18H17FN6O2/c1-18(6-3-7-27-18)14-9-21-22-25(14)15-16-23(2)17(26)12-8-11(19)4-5-13(12)24(16)10-20-15/h4-5,8-10H,3,6-7H2,1-2H3/q+1. The molecule has 137 valence electrons. The van der Waals surface area contributed by atoms with Crippen molar-refractivity contribution in [2.24, 2.45) is 4.99 Å². The van der Waals surface area contributed by atoms with Gasteiger partial charge in [-0.25, -0.2) is 4.39 Å². The predicted octanol–water partition coefficient (Wildman–Crippen LogP) is 2.13. The zero-order chi connectivity index (χ0) is 18.8. The molecule has 5 rings (SSSR count). The van der Waals surface area contributed by atoms with E-state index < -0.39 is 11.4 Å². The molecule has 9 heteroatoms. The Morgan fingerprint density at radius 1 is 1.37 bits per heavy atom. The average Bonchev–Trinajstić information content (AvgIpc) is 3.38. The van der Waals surface area contributed by atoms with E-state index in [1.54, 1.807) is 35.2 Å². The lowest BCUT2D eigenvalue weighted by Crippen LogP contribution is -2.42. The lowest BCUT2D eigenvalue weighted by atomic mass is 9.99. The molecule has 27 heavy (non-hydrogen) atoms. The monoisotopic (exact) mass is 368 g/mol. The molecule has 1 amide bonds. The number of fused-ring (bicyclic) bond motifs is 3. The van der Waals surface area contributed by atoms with Crippen LogP contribution in [0.3, 0.4) is 0 Å². The van der Waals surface area contributed by atoms with Crippen LogP contribution in [0.5, 0.6) is 0 Å². The smallest absolute Gasteiger partial charge is 0.318 e. The van der Waals surface area contributed by atoms with Gasteiger partial charge in [-0.1, -0.05) is 5.21 Å². The van der Waals surface area contributed by atoms with Gasteiger partial charge in [0.1, 0.15) is 17.0 Å². The number of rotatable bonds is 2. The highest BCUT2D eigenvalue weighted by molar-refractivity contribution is 6.06. The Kier molecular flexibility index (Phi) is 3.34. The van der Waals surface area contributed by atoms with Gasteiger partial charge >= 0.3 is 5.82 Å². The van der Waals surface area contributed by atoms with Crippen LogP contribution in [0, 0.1) is 5.82 Å². The number of anilines is 1. The van der Waals surface area contributed by atoms with Gasteiger partial charge in [0.2, 0.25) is 11.5 Å². The number of ether oxygens (including phenoxy) is 1. The number of hydrogen-bond acceptors (Lipinski definition) is 6. The first-order chi connectivity index (χ1) is 13.0. The molecule has 0 aliphatic carbocycles. The highest BCUT2D eigenvalue weighted by Crippen LogP contribution is 2.40. The second-order valence-electron chi connectivity index (χ2n) is 7.00. The van der Waals surface area contributed by atoms with E-state index in [4.69, 9.17) is 4.74 Å². The fourth-order valence-corrected chi connectivity index (χ4v) is 3.87. The molecule has 0 saturated carbocycles. The number of hydrogen-bond donors (Lipinski definition) is 0. The van der Waals surface area contributed by atoms with Gasteiger partial charge < -0.3 is 4.74 Å². The Morgan fingerprint density at radius 3 is 3.00 bits per heavy atom. The summed E-state index contributed by atoms with van der Waals surface area (Å²) in [6.45, 7) is 2.69. The van der Waals surface area contributed by atoms with Gasteiger partial charge in [-0.05, 0) is 36.8 Å². The summed E-state index contributed by atoms with van der Waals surface area (Å²) in [4.78, 5) is 20.5. The molecule has 1 aromatic heterocycles. The molecular weight excluding hydrogens is 351 g/mol. The number of carbonyl (C=O) groups excluding carboxylic acids is 1. The van der Waals surface area contributed by atoms with Gasteiger partial charge in [0, 0.05) is 19.7 Å². The average molecular weight is 368 g/mol. The highest BCUT2D eigenvalue weighted by atomic mass is 19.1. The molecule has 1 radical (unpaired) electrons. The minimum absolute atomic E-state index is 0.291. The van der Waals surface area contributed by atoms with Crippen LogP contribution >= 0.6 is 0 Å². The first-order valence-electron chi connectivity index (χ1n) is 8.70. The summed E-state index contributed by atoms with van der Waals surface area (Å²) in [7, 11) is 1.64. The van der Waals surface area contributed by atoms with Crippen molar-refractivity contribution in [1.29, 1.82) is 0 Å². The summed E-state index contributed by atoms with van der Waals surface area (Å²) in [6, 6.07) is 4.15. The van der Waals surface area contributed by atoms with Crippen molar-refractivity contribution in [1.82, 2.24) is 24.8 Å². The number of carbonyl (C=O) groups is 1. The van der Waals surface area contributed by atoms with E-state index in [-0.39, 0.29) is 5.91 Å². The Labute approximate surface area is 154 Å². The van der Waals surface area contributed by atoms with Crippen LogP contribution in [0.1, 0.15) is 35.8 Å². The summed E-state index contributed by atoms with van der Waals surface area (Å²) >= 11 is 0. The van der Waals surface area contributed by atoms with E-state index in [2.05, 4.69) is 15.3 Å². The number of aliphatic imine (C=N–C) groups is 1. The van der Waals surface area contributed by atoms with Gasteiger partial charge in [0.05, 0.1) is 11.9 Å². The van der Waals surface area contributed by atoms with Gasteiger partial charge in [-0.15, -0.1) is 5.10 Å². The third-order valence-corrected chi connectivity index (χ3v) is 5.31. The van der Waals surface area contributed by atoms with Crippen LogP contribution < -0.4 is 4.90 Å². The van der Waals surface area contributed by atoms with Crippen molar-refractivity contribution in [2.75, 3.05) is 13.7 Å². The molecule has 1 atom stereocenters. The van der Waals surface area contributed by atoms with Crippen molar-refractivity contribution in [3.05, 3.63) is 47.3 Å².